The molecule has 7 nitrogen and oxygen atoms in total. The number of carbonyl (C=O) groups is 3. The van der Waals surface area contributed by atoms with Crippen molar-refractivity contribution in [1.82, 2.24) is 0 Å². The monoisotopic (exact) mass is 609 g/mol. The van der Waals surface area contributed by atoms with Gasteiger partial charge in [0.15, 0.2) is 12.1 Å². The summed E-state index contributed by atoms with van der Waals surface area (Å²) in [5, 5.41) is 32.2. The van der Waals surface area contributed by atoms with Crippen molar-refractivity contribution in [3.05, 3.63) is 12.2 Å². The Hall–Kier alpha value is -1.89. The Kier molecular flexibility index (Phi) is 25.3. The van der Waals surface area contributed by atoms with Gasteiger partial charge in [-0.25, -0.2) is 9.59 Å². The standard InChI is InChI=1S/C36H67NO6/c1-5-9-10-11-12-13-14-15-16-17-18-19-20-21-22-23-24-25-26-27-28-29-30-37(31(6-2)34(38)39,32(7-3)35(40)41)33(8-4)36(42)43/h20-21,31-33H,5-19,22-30H2,1-4H3,(H2-,38,39,40,41,42,43)/b21-20-. The van der Waals surface area contributed by atoms with Gasteiger partial charge in [0.25, 0.3) is 0 Å². The minimum Gasteiger partial charge on any atom is -0.544 e. The van der Waals surface area contributed by atoms with E-state index >= 15 is 0 Å². The van der Waals surface area contributed by atoms with E-state index in [0.29, 0.717) is 6.42 Å². The van der Waals surface area contributed by atoms with Gasteiger partial charge in [0.2, 0.25) is 0 Å². The van der Waals surface area contributed by atoms with Crippen LogP contribution in [-0.4, -0.2) is 57.3 Å². The van der Waals surface area contributed by atoms with Crippen LogP contribution >= 0.6 is 0 Å². The van der Waals surface area contributed by atoms with E-state index in [-0.39, 0.29) is 25.8 Å². The van der Waals surface area contributed by atoms with Crippen molar-refractivity contribution in [2.24, 2.45) is 0 Å². The van der Waals surface area contributed by atoms with E-state index in [1.807, 2.05) is 0 Å². The summed E-state index contributed by atoms with van der Waals surface area (Å²) in [6.07, 6.45) is 29.6. The van der Waals surface area contributed by atoms with Crippen LogP contribution in [0.2, 0.25) is 0 Å². The number of hydrogen-bond donors (Lipinski definition) is 2. The summed E-state index contributed by atoms with van der Waals surface area (Å²) in [6, 6.07) is -3.39. The quantitative estimate of drug-likeness (QED) is 0.0463. The molecule has 252 valence electrons. The van der Waals surface area contributed by atoms with E-state index in [2.05, 4.69) is 19.1 Å². The number of unbranched alkanes of at least 4 members (excludes halogenated alkanes) is 18. The predicted octanol–water partition coefficient (Wildman–Crippen LogP) is 8.44. The second kappa shape index (κ2) is 26.5. The van der Waals surface area contributed by atoms with Crippen molar-refractivity contribution in [3.8, 4) is 0 Å². The van der Waals surface area contributed by atoms with Gasteiger partial charge in [0.05, 0.1) is 12.5 Å². The van der Waals surface area contributed by atoms with Crippen molar-refractivity contribution in [1.29, 1.82) is 0 Å². The maximum Gasteiger partial charge on any atom is 0.362 e. The zero-order valence-corrected chi connectivity index (χ0v) is 28.3. The lowest BCUT2D eigenvalue weighted by molar-refractivity contribution is -0.974. The average molecular weight is 610 g/mol. The molecular formula is C36H67NO6. The minimum atomic E-state index is -1.37. The Morgan fingerprint density at radius 2 is 0.860 bits per heavy atom. The number of carboxylic acids is 3. The van der Waals surface area contributed by atoms with Gasteiger partial charge in [0.1, 0.15) is 6.04 Å². The molecule has 0 heterocycles. The van der Waals surface area contributed by atoms with Gasteiger partial charge in [0, 0.05) is 19.3 Å². The lowest BCUT2D eigenvalue weighted by Crippen LogP contribution is -2.73. The molecule has 0 saturated carbocycles. The Balaban J connectivity index is 4.33. The van der Waals surface area contributed by atoms with E-state index in [1.165, 1.54) is 89.9 Å². The molecule has 0 rings (SSSR count). The molecule has 0 aliphatic carbocycles. The van der Waals surface area contributed by atoms with Crippen LogP contribution in [0.3, 0.4) is 0 Å². The Labute approximate surface area is 264 Å². The molecule has 43 heavy (non-hydrogen) atoms. The van der Waals surface area contributed by atoms with E-state index in [0.717, 1.165) is 32.1 Å². The fraction of sp³-hybridized carbons (Fsp3) is 0.861. The first-order valence-corrected chi connectivity index (χ1v) is 17.9. The maximum absolute atomic E-state index is 12.3. The highest BCUT2D eigenvalue weighted by atomic mass is 16.4. The molecule has 0 aromatic carbocycles. The molecule has 0 radical (unpaired) electrons. The molecule has 0 aliphatic rings. The van der Waals surface area contributed by atoms with Crippen molar-refractivity contribution < 1.29 is 34.2 Å². The largest absolute Gasteiger partial charge is 0.544 e. The fourth-order valence-electron chi connectivity index (χ4n) is 6.96. The zero-order chi connectivity index (χ0) is 32.3. The molecule has 2 N–H and O–H groups in total. The third-order valence-corrected chi connectivity index (χ3v) is 9.30. The number of carboxylic acid groups (broad SMARTS) is 3. The number of quaternary nitrogens is 1. The summed E-state index contributed by atoms with van der Waals surface area (Å²) in [5.41, 5.74) is 0. The van der Waals surface area contributed by atoms with Crippen LogP contribution in [0.15, 0.2) is 12.2 Å². The van der Waals surface area contributed by atoms with Crippen molar-refractivity contribution in [2.45, 2.75) is 193 Å². The fourth-order valence-corrected chi connectivity index (χ4v) is 6.96. The normalized spacial score (nSPS) is 15.3. The molecule has 0 amide bonds. The first kappa shape index (κ1) is 41.1. The van der Waals surface area contributed by atoms with Gasteiger partial charge in [-0.2, -0.15) is 0 Å². The number of hydrogen-bond acceptors (Lipinski definition) is 4. The molecule has 0 bridgehead atoms. The van der Waals surface area contributed by atoms with E-state index < -0.39 is 40.5 Å². The molecule has 0 fully saturated rings. The second-order valence-electron chi connectivity index (χ2n) is 12.5. The van der Waals surface area contributed by atoms with Crippen LogP contribution in [0.25, 0.3) is 0 Å². The lowest BCUT2D eigenvalue weighted by atomic mass is 9.93. The summed E-state index contributed by atoms with van der Waals surface area (Å²) < 4.78 is -0.470. The van der Waals surface area contributed by atoms with Crippen LogP contribution in [0.1, 0.15) is 175 Å². The predicted molar refractivity (Wildman–Crippen MR) is 175 cm³/mol. The SMILES string of the molecule is CCCCCCCCCCCCC/C=C\CCCCCCCCC[N+](C(CC)C(=O)[O-])(C(CC)C(=O)O)C(CC)C(=O)O. The maximum atomic E-state index is 12.3. The third-order valence-electron chi connectivity index (χ3n) is 9.30. The first-order chi connectivity index (χ1) is 20.7. The van der Waals surface area contributed by atoms with Crippen LogP contribution in [0.5, 0.6) is 0 Å². The third kappa shape index (κ3) is 16.7. The van der Waals surface area contributed by atoms with Crippen LogP contribution < -0.4 is 5.11 Å². The zero-order valence-electron chi connectivity index (χ0n) is 28.3. The van der Waals surface area contributed by atoms with Gasteiger partial charge >= 0.3 is 11.9 Å². The van der Waals surface area contributed by atoms with Crippen molar-refractivity contribution in [2.75, 3.05) is 6.54 Å². The smallest absolute Gasteiger partial charge is 0.362 e. The number of carbonyl (C=O) groups excluding carboxylic acids is 1. The Morgan fingerprint density at radius 3 is 1.16 bits per heavy atom. The molecule has 0 saturated heterocycles. The summed E-state index contributed by atoms with van der Waals surface area (Å²) >= 11 is 0. The molecule has 0 spiro atoms. The number of rotatable bonds is 31. The first-order valence-electron chi connectivity index (χ1n) is 17.9. The number of allylic oxidation sites excluding steroid dienone is 2. The number of nitrogens with zero attached hydrogens (tertiary/aromatic N) is 1. The van der Waals surface area contributed by atoms with Gasteiger partial charge in [-0.05, 0) is 38.5 Å². The van der Waals surface area contributed by atoms with Gasteiger partial charge in [-0.15, -0.1) is 0 Å². The molecule has 3 unspecified atom stereocenters. The topological polar surface area (TPSA) is 115 Å². The summed E-state index contributed by atoms with van der Waals surface area (Å²) in [5.74, 6) is -3.65. The number of aliphatic carboxylic acids is 3. The van der Waals surface area contributed by atoms with Crippen LogP contribution in [0.4, 0.5) is 0 Å². The summed E-state index contributed by atoms with van der Waals surface area (Å²) in [4.78, 5) is 36.7. The second-order valence-corrected chi connectivity index (χ2v) is 12.5. The molecule has 0 aromatic heterocycles. The van der Waals surface area contributed by atoms with E-state index in [4.69, 9.17) is 0 Å². The van der Waals surface area contributed by atoms with Gasteiger partial charge < -0.3 is 20.1 Å². The Morgan fingerprint density at radius 1 is 0.535 bits per heavy atom. The summed E-state index contributed by atoms with van der Waals surface area (Å²) in [7, 11) is 0. The van der Waals surface area contributed by atoms with Crippen molar-refractivity contribution >= 4 is 17.9 Å². The highest BCUT2D eigenvalue weighted by Crippen LogP contribution is 2.32. The van der Waals surface area contributed by atoms with Crippen molar-refractivity contribution in [3.63, 3.8) is 0 Å². The van der Waals surface area contributed by atoms with E-state index in [1.54, 1.807) is 20.8 Å². The molecule has 0 aliphatic heterocycles. The highest BCUT2D eigenvalue weighted by Gasteiger charge is 2.53. The van der Waals surface area contributed by atoms with Gasteiger partial charge in [-0.1, -0.05) is 130 Å². The highest BCUT2D eigenvalue weighted by molar-refractivity contribution is 5.77. The van der Waals surface area contributed by atoms with E-state index in [9.17, 15) is 29.7 Å². The summed E-state index contributed by atoms with van der Waals surface area (Å²) in [6.45, 7) is 7.54. The van der Waals surface area contributed by atoms with Crippen LogP contribution in [0, 0.1) is 0 Å². The lowest BCUT2D eigenvalue weighted by Gasteiger charge is -2.51. The average Bonchev–Trinajstić information content (AvgIpc) is 2.96. The van der Waals surface area contributed by atoms with Gasteiger partial charge in [-0.3, -0.25) is 4.48 Å². The molecular weight excluding hydrogens is 542 g/mol. The van der Waals surface area contributed by atoms with Crippen LogP contribution in [-0.2, 0) is 14.4 Å². The molecule has 7 heteroatoms. The molecule has 0 aromatic rings. The Bertz CT molecular complexity index is 697. The molecule has 3 atom stereocenters. The minimum absolute atomic E-state index is 0.129.